The first kappa shape index (κ1) is 11.6. The normalized spacial score (nSPS) is 19.9. The lowest BCUT2D eigenvalue weighted by atomic mass is 10.1. The van der Waals surface area contributed by atoms with Crippen molar-refractivity contribution in [3.63, 3.8) is 0 Å². The van der Waals surface area contributed by atoms with Crippen LogP contribution < -0.4 is 5.32 Å². The molecule has 1 aromatic heterocycles. The molecule has 0 spiro atoms. The highest BCUT2D eigenvalue weighted by Crippen LogP contribution is 2.19. The van der Waals surface area contributed by atoms with Crippen LogP contribution >= 0.6 is 0 Å². The molecule has 5 heteroatoms. The topological polar surface area (TPSA) is 53.2 Å². The van der Waals surface area contributed by atoms with Gasteiger partial charge in [-0.15, -0.1) is 0 Å². The molecule has 16 heavy (non-hydrogen) atoms. The summed E-state index contributed by atoms with van der Waals surface area (Å²) in [5, 5.41) is 3.24. The van der Waals surface area contributed by atoms with E-state index >= 15 is 0 Å². The summed E-state index contributed by atoms with van der Waals surface area (Å²) in [5.41, 5.74) is 1.19. The standard InChI is InChI=1S/C11H20N4O/c1-9-13-7-10(14-9)11(8-12-2)15-3-5-16-6-4-15/h7,11-12H,3-6,8H2,1-2H3,(H,13,14). The molecule has 1 aliphatic rings. The van der Waals surface area contributed by atoms with Gasteiger partial charge in [-0.05, 0) is 14.0 Å². The van der Waals surface area contributed by atoms with E-state index in [1.165, 1.54) is 5.69 Å². The Morgan fingerprint density at radius 3 is 2.88 bits per heavy atom. The SMILES string of the molecule is CNCC(c1cnc(C)[nH]1)N1CCOCC1. The van der Waals surface area contributed by atoms with Crippen LogP contribution in [0.2, 0.25) is 0 Å². The monoisotopic (exact) mass is 224 g/mol. The minimum Gasteiger partial charge on any atom is -0.379 e. The number of aryl methyl sites for hydroxylation is 1. The van der Waals surface area contributed by atoms with Crippen molar-refractivity contribution in [1.82, 2.24) is 20.2 Å². The molecular formula is C11H20N4O. The number of H-pyrrole nitrogens is 1. The van der Waals surface area contributed by atoms with Crippen LogP contribution in [0.15, 0.2) is 6.20 Å². The molecule has 0 aliphatic carbocycles. The Balaban J connectivity index is 2.09. The summed E-state index contributed by atoms with van der Waals surface area (Å²) in [6, 6.07) is 0.370. The van der Waals surface area contributed by atoms with Crippen molar-refractivity contribution in [3.05, 3.63) is 17.7 Å². The van der Waals surface area contributed by atoms with Gasteiger partial charge in [0, 0.05) is 25.8 Å². The first-order valence-electron chi connectivity index (χ1n) is 5.79. The van der Waals surface area contributed by atoms with Gasteiger partial charge in [-0.3, -0.25) is 4.90 Å². The van der Waals surface area contributed by atoms with Crippen molar-refractivity contribution >= 4 is 0 Å². The van der Waals surface area contributed by atoms with E-state index in [0.717, 1.165) is 38.7 Å². The largest absolute Gasteiger partial charge is 0.379 e. The molecule has 90 valence electrons. The maximum absolute atomic E-state index is 5.38. The van der Waals surface area contributed by atoms with Crippen molar-refractivity contribution in [2.45, 2.75) is 13.0 Å². The lowest BCUT2D eigenvalue weighted by Gasteiger charge is -2.33. The quantitative estimate of drug-likeness (QED) is 0.773. The molecule has 2 N–H and O–H groups in total. The van der Waals surface area contributed by atoms with Crippen molar-refractivity contribution in [2.24, 2.45) is 0 Å². The third-order valence-electron chi connectivity index (χ3n) is 2.97. The Kier molecular flexibility index (Phi) is 3.93. The van der Waals surface area contributed by atoms with Gasteiger partial charge in [0.1, 0.15) is 5.82 Å². The molecule has 1 saturated heterocycles. The number of nitrogens with one attached hydrogen (secondary N) is 2. The molecule has 2 heterocycles. The Morgan fingerprint density at radius 2 is 2.31 bits per heavy atom. The van der Waals surface area contributed by atoms with Crippen LogP contribution in [0.5, 0.6) is 0 Å². The van der Waals surface area contributed by atoms with E-state index in [2.05, 4.69) is 20.2 Å². The second-order valence-electron chi connectivity index (χ2n) is 4.15. The summed E-state index contributed by atoms with van der Waals surface area (Å²) in [6.45, 7) is 6.55. The highest BCUT2D eigenvalue weighted by atomic mass is 16.5. The van der Waals surface area contributed by atoms with Gasteiger partial charge < -0.3 is 15.0 Å². The number of morpholine rings is 1. The van der Waals surface area contributed by atoms with E-state index in [1.54, 1.807) is 0 Å². The number of hydrogen-bond acceptors (Lipinski definition) is 4. The molecule has 0 bridgehead atoms. The first-order chi connectivity index (χ1) is 7.81. The lowest BCUT2D eigenvalue weighted by molar-refractivity contribution is 0.0157. The molecule has 0 amide bonds. The van der Waals surface area contributed by atoms with Crippen LogP contribution in [0.1, 0.15) is 17.6 Å². The summed E-state index contributed by atoms with van der Waals surface area (Å²) in [6.07, 6.45) is 1.94. The predicted molar refractivity (Wildman–Crippen MR) is 62.4 cm³/mol. The molecule has 2 rings (SSSR count). The fourth-order valence-electron chi connectivity index (χ4n) is 2.13. The molecule has 1 aromatic rings. The number of aromatic amines is 1. The molecular weight excluding hydrogens is 204 g/mol. The Hall–Kier alpha value is -0.910. The predicted octanol–water partition coefficient (Wildman–Crippen LogP) is 0.311. The van der Waals surface area contributed by atoms with Crippen molar-refractivity contribution in [1.29, 1.82) is 0 Å². The zero-order valence-electron chi connectivity index (χ0n) is 9.99. The highest BCUT2D eigenvalue weighted by Gasteiger charge is 2.23. The number of nitrogens with zero attached hydrogens (tertiary/aromatic N) is 2. The number of aromatic nitrogens is 2. The average Bonchev–Trinajstić information content (AvgIpc) is 2.74. The van der Waals surface area contributed by atoms with Gasteiger partial charge in [-0.2, -0.15) is 0 Å². The summed E-state index contributed by atoms with van der Waals surface area (Å²) in [5.74, 6) is 0.976. The molecule has 0 saturated carbocycles. The van der Waals surface area contributed by atoms with E-state index in [-0.39, 0.29) is 0 Å². The fourth-order valence-corrected chi connectivity index (χ4v) is 2.13. The van der Waals surface area contributed by atoms with Crippen molar-refractivity contribution < 1.29 is 4.74 Å². The van der Waals surface area contributed by atoms with Crippen LogP contribution in [0, 0.1) is 6.92 Å². The molecule has 1 atom stereocenters. The third kappa shape index (κ3) is 2.61. The number of ether oxygens (including phenoxy) is 1. The Morgan fingerprint density at radius 1 is 1.56 bits per heavy atom. The summed E-state index contributed by atoms with van der Waals surface area (Å²) in [4.78, 5) is 10.0. The second-order valence-corrected chi connectivity index (χ2v) is 4.15. The van der Waals surface area contributed by atoms with E-state index in [9.17, 15) is 0 Å². The molecule has 0 aromatic carbocycles. The van der Waals surface area contributed by atoms with Gasteiger partial charge in [0.25, 0.3) is 0 Å². The highest BCUT2D eigenvalue weighted by molar-refractivity contribution is 5.07. The average molecular weight is 224 g/mol. The van der Waals surface area contributed by atoms with Gasteiger partial charge in [0.05, 0.1) is 24.9 Å². The van der Waals surface area contributed by atoms with Gasteiger partial charge in [-0.25, -0.2) is 4.98 Å². The van der Waals surface area contributed by atoms with E-state index in [0.29, 0.717) is 6.04 Å². The summed E-state index contributed by atoms with van der Waals surface area (Å²) >= 11 is 0. The van der Waals surface area contributed by atoms with Crippen LogP contribution in [0.3, 0.4) is 0 Å². The van der Waals surface area contributed by atoms with E-state index in [1.807, 2.05) is 20.2 Å². The number of likely N-dealkylation sites (N-methyl/N-ethyl adjacent to an activating group) is 1. The van der Waals surface area contributed by atoms with Gasteiger partial charge in [-0.1, -0.05) is 0 Å². The van der Waals surface area contributed by atoms with Crippen LogP contribution in [0.4, 0.5) is 0 Å². The summed E-state index contributed by atoms with van der Waals surface area (Å²) in [7, 11) is 1.98. The lowest BCUT2D eigenvalue weighted by Crippen LogP contribution is -2.42. The van der Waals surface area contributed by atoms with Gasteiger partial charge in [0.15, 0.2) is 0 Å². The first-order valence-corrected chi connectivity index (χ1v) is 5.79. The maximum atomic E-state index is 5.38. The van der Waals surface area contributed by atoms with Crippen LogP contribution in [0.25, 0.3) is 0 Å². The zero-order chi connectivity index (χ0) is 11.4. The zero-order valence-corrected chi connectivity index (χ0v) is 9.99. The van der Waals surface area contributed by atoms with E-state index in [4.69, 9.17) is 4.74 Å². The fraction of sp³-hybridized carbons (Fsp3) is 0.727. The Labute approximate surface area is 96.2 Å². The molecule has 5 nitrogen and oxygen atoms in total. The maximum Gasteiger partial charge on any atom is 0.103 e. The molecule has 0 radical (unpaired) electrons. The number of rotatable bonds is 4. The molecule has 1 fully saturated rings. The van der Waals surface area contributed by atoms with Crippen LogP contribution in [-0.4, -0.2) is 54.8 Å². The smallest absolute Gasteiger partial charge is 0.103 e. The number of imidazole rings is 1. The van der Waals surface area contributed by atoms with E-state index < -0.39 is 0 Å². The van der Waals surface area contributed by atoms with Gasteiger partial charge >= 0.3 is 0 Å². The number of hydrogen-bond donors (Lipinski definition) is 2. The minimum atomic E-state index is 0.370. The summed E-state index contributed by atoms with van der Waals surface area (Å²) < 4.78 is 5.38. The van der Waals surface area contributed by atoms with Crippen molar-refractivity contribution in [3.8, 4) is 0 Å². The Bertz CT molecular complexity index is 320. The molecule has 1 unspecified atom stereocenters. The molecule has 1 aliphatic heterocycles. The third-order valence-corrected chi connectivity index (χ3v) is 2.97. The van der Waals surface area contributed by atoms with Gasteiger partial charge in [0.2, 0.25) is 0 Å². The second kappa shape index (κ2) is 5.43. The van der Waals surface area contributed by atoms with Crippen LogP contribution in [-0.2, 0) is 4.74 Å². The van der Waals surface area contributed by atoms with Crippen molar-refractivity contribution in [2.75, 3.05) is 39.9 Å². The minimum absolute atomic E-state index is 0.370.